The Morgan fingerprint density at radius 1 is 1.32 bits per heavy atom. The summed E-state index contributed by atoms with van der Waals surface area (Å²) in [6, 6.07) is 3.70. The quantitative estimate of drug-likeness (QED) is 0.779. The average molecular weight is 349 g/mol. The van der Waals surface area contributed by atoms with Crippen LogP contribution in [0.2, 0.25) is 0 Å². The van der Waals surface area contributed by atoms with Gasteiger partial charge in [-0.3, -0.25) is 4.79 Å². The smallest absolute Gasteiger partial charge is 0.318 e. The van der Waals surface area contributed by atoms with Crippen molar-refractivity contribution in [3.63, 3.8) is 0 Å². The van der Waals surface area contributed by atoms with E-state index in [2.05, 4.69) is 5.32 Å². The first kappa shape index (κ1) is 17.8. The summed E-state index contributed by atoms with van der Waals surface area (Å²) in [5.74, 6) is 0.674. The molecule has 0 spiro atoms. The lowest BCUT2D eigenvalue weighted by Crippen LogP contribution is -2.48. The highest BCUT2D eigenvalue weighted by Crippen LogP contribution is 2.27. The predicted molar refractivity (Wildman–Crippen MR) is 91.9 cm³/mol. The highest BCUT2D eigenvalue weighted by atomic mass is 16.5. The fourth-order valence-electron chi connectivity index (χ4n) is 3.13. The van der Waals surface area contributed by atoms with E-state index in [9.17, 15) is 9.59 Å². The van der Waals surface area contributed by atoms with Crippen LogP contribution in [0, 0.1) is 0 Å². The molecule has 2 aliphatic rings. The molecule has 0 aromatic carbocycles. The zero-order valence-corrected chi connectivity index (χ0v) is 14.8. The molecule has 3 amide bonds. The number of urea groups is 1. The number of rotatable bonds is 8. The SMILES string of the molecule is CCNC(=O)N(CC(=O)N(Cc1ccco1)CC1CCCO1)C1CC1. The Kier molecular flexibility index (Phi) is 5.96. The van der Waals surface area contributed by atoms with Crippen molar-refractivity contribution < 1.29 is 18.7 Å². The molecule has 0 radical (unpaired) electrons. The van der Waals surface area contributed by atoms with Gasteiger partial charge < -0.3 is 24.3 Å². The van der Waals surface area contributed by atoms with Gasteiger partial charge in [-0.2, -0.15) is 0 Å². The number of hydrogen-bond donors (Lipinski definition) is 1. The molecule has 1 aliphatic heterocycles. The summed E-state index contributed by atoms with van der Waals surface area (Å²) in [5.41, 5.74) is 0. The van der Waals surface area contributed by atoms with Gasteiger partial charge in [0, 0.05) is 25.7 Å². The van der Waals surface area contributed by atoms with Gasteiger partial charge in [0.2, 0.25) is 5.91 Å². The lowest BCUT2D eigenvalue weighted by molar-refractivity contribution is -0.134. The lowest BCUT2D eigenvalue weighted by atomic mass is 10.2. The largest absolute Gasteiger partial charge is 0.467 e. The van der Waals surface area contributed by atoms with Crippen molar-refractivity contribution >= 4 is 11.9 Å². The topological polar surface area (TPSA) is 75.0 Å². The highest BCUT2D eigenvalue weighted by Gasteiger charge is 2.35. The van der Waals surface area contributed by atoms with Crippen molar-refractivity contribution in [3.8, 4) is 0 Å². The van der Waals surface area contributed by atoms with E-state index < -0.39 is 0 Å². The van der Waals surface area contributed by atoms with Crippen LogP contribution in [0.4, 0.5) is 4.79 Å². The zero-order valence-electron chi connectivity index (χ0n) is 14.8. The predicted octanol–water partition coefficient (Wildman–Crippen LogP) is 1.98. The summed E-state index contributed by atoms with van der Waals surface area (Å²) in [4.78, 5) is 28.6. The van der Waals surface area contributed by atoms with E-state index in [1.165, 1.54) is 0 Å². The first-order chi connectivity index (χ1) is 12.2. The third-order valence-corrected chi connectivity index (χ3v) is 4.61. The number of furan rings is 1. The van der Waals surface area contributed by atoms with Gasteiger partial charge in [-0.25, -0.2) is 4.79 Å². The number of nitrogens with zero attached hydrogens (tertiary/aromatic N) is 2. The van der Waals surface area contributed by atoms with Crippen molar-refractivity contribution in [2.75, 3.05) is 26.2 Å². The molecular weight excluding hydrogens is 322 g/mol. The number of carbonyl (C=O) groups excluding carboxylic acids is 2. The second kappa shape index (κ2) is 8.38. The minimum absolute atomic E-state index is 0.0648. The van der Waals surface area contributed by atoms with Crippen LogP contribution in [0.5, 0.6) is 0 Å². The molecule has 0 bridgehead atoms. The van der Waals surface area contributed by atoms with Crippen LogP contribution in [0.25, 0.3) is 0 Å². The molecular formula is C18H27N3O4. The van der Waals surface area contributed by atoms with Gasteiger partial charge in [0.25, 0.3) is 0 Å². The molecule has 1 aromatic rings. The Hall–Kier alpha value is -2.02. The molecule has 1 unspecified atom stereocenters. The number of ether oxygens (including phenoxy) is 1. The molecule has 2 fully saturated rings. The lowest BCUT2D eigenvalue weighted by Gasteiger charge is -2.28. The molecule has 3 rings (SSSR count). The van der Waals surface area contributed by atoms with Gasteiger partial charge in [0.05, 0.1) is 18.9 Å². The van der Waals surface area contributed by atoms with Gasteiger partial charge in [0.1, 0.15) is 12.3 Å². The minimum atomic E-state index is -0.159. The van der Waals surface area contributed by atoms with Gasteiger partial charge in [-0.15, -0.1) is 0 Å². The van der Waals surface area contributed by atoms with Crippen LogP contribution in [0.15, 0.2) is 22.8 Å². The van der Waals surface area contributed by atoms with Crippen LogP contribution >= 0.6 is 0 Å². The average Bonchev–Trinajstić information content (AvgIpc) is 3.07. The van der Waals surface area contributed by atoms with Gasteiger partial charge in [0.15, 0.2) is 0 Å². The van der Waals surface area contributed by atoms with Crippen LogP contribution in [-0.2, 0) is 16.1 Å². The second-order valence-corrected chi connectivity index (χ2v) is 6.68. The summed E-state index contributed by atoms with van der Waals surface area (Å²) in [6.07, 6.45) is 5.60. The molecule has 7 heteroatoms. The monoisotopic (exact) mass is 349 g/mol. The summed E-state index contributed by atoms with van der Waals surface area (Å²) >= 11 is 0. The molecule has 1 aliphatic carbocycles. The maximum absolute atomic E-state index is 12.9. The molecule has 7 nitrogen and oxygen atoms in total. The molecule has 1 atom stereocenters. The summed E-state index contributed by atoms with van der Waals surface area (Å²) in [7, 11) is 0. The highest BCUT2D eigenvalue weighted by molar-refractivity contribution is 5.84. The summed E-state index contributed by atoms with van der Waals surface area (Å²) in [6.45, 7) is 4.23. The molecule has 1 saturated heterocycles. The molecule has 138 valence electrons. The van der Waals surface area contributed by atoms with E-state index in [1.54, 1.807) is 16.1 Å². The van der Waals surface area contributed by atoms with Crippen molar-refractivity contribution in [1.29, 1.82) is 0 Å². The van der Waals surface area contributed by atoms with Gasteiger partial charge in [-0.1, -0.05) is 0 Å². The van der Waals surface area contributed by atoms with Crippen molar-refractivity contribution in [3.05, 3.63) is 24.2 Å². The minimum Gasteiger partial charge on any atom is -0.467 e. The van der Waals surface area contributed by atoms with Crippen LogP contribution in [-0.4, -0.2) is 60.1 Å². The zero-order chi connectivity index (χ0) is 17.6. The van der Waals surface area contributed by atoms with E-state index >= 15 is 0 Å². The Morgan fingerprint density at radius 3 is 2.76 bits per heavy atom. The molecule has 1 N–H and O–H groups in total. The van der Waals surface area contributed by atoms with E-state index in [0.717, 1.165) is 38.1 Å². The Morgan fingerprint density at radius 2 is 2.16 bits per heavy atom. The Bertz CT molecular complexity index is 565. The number of nitrogens with one attached hydrogen (secondary N) is 1. The van der Waals surface area contributed by atoms with E-state index in [4.69, 9.17) is 9.15 Å². The molecule has 25 heavy (non-hydrogen) atoms. The fourth-order valence-corrected chi connectivity index (χ4v) is 3.13. The van der Waals surface area contributed by atoms with Crippen LogP contribution in [0.3, 0.4) is 0 Å². The number of hydrogen-bond acceptors (Lipinski definition) is 4. The Balaban J connectivity index is 1.64. The Labute approximate surface area is 148 Å². The van der Waals surface area contributed by atoms with Gasteiger partial charge in [-0.05, 0) is 44.7 Å². The standard InChI is InChI=1S/C18H27N3O4/c1-2-19-18(23)21(14-7-8-14)13-17(22)20(11-15-5-3-9-24-15)12-16-6-4-10-25-16/h3,5,9,14,16H,2,4,6-8,10-13H2,1H3,(H,19,23). The second-order valence-electron chi connectivity index (χ2n) is 6.68. The van der Waals surface area contributed by atoms with Crippen molar-refractivity contribution in [1.82, 2.24) is 15.1 Å². The normalized spacial score (nSPS) is 19.6. The first-order valence-electron chi connectivity index (χ1n) is 9.13. The van der Waals surface area contributed by atoms with Crippen LogP contribution in [0.1, 0.15) is 38.4 Å². The number of amides is 3. The molecule has 1 saturated carbocycles. The van der Waals surface area contributed by atoms with Crippen LogP contribution < -0.4 is 5.32 Å². The third-order valence-electron chi connectivity index (χ3n) is 4.61. The van der Waals surface area contributed by atoms with Crippen molar-refractivity contribution in [2.24, 2.45) is 0 Å². The molecule has 2 heterocycles. The third kappa shape index (κ3) is 4.98. The van der Waals surface area contributed by atoms with E-state index in [0.29, 0.717) is 19.6 Å². The van der Waals surface area contributed by atoms with E-state index in [1.807, 2.05) is 19.1 Å². The summed E-state index contributed by atoms with van der Waals surface area (Å²) in [5, 5.41) is 2.80. The molecule has 1 aromatic heterocycles. The maximum Gasteiger partial charge on any atom is 0.318 e. The number of carbonyl (C=O) groups is 2. The first-order valence-corrected chi connectivity index (χ1v) is 9.13. The summed E-state index contributed by atoms with van der Waals surface area (Å²) < 4.78 is 11.1. The van der Waals surface area contributed by atoms with Crippen molar-refractivity contribution in [2.45, 2.75) is 51.3 Å². The van der Waals surface area contributed by atoms with Gasteiger partial charge >= 0.3 is 6.03 Å². The van der Waals surface area contributed by atoms with E-state index in [-0.39, 0.29) is 30.6 Å². The maximum atomic E-state index is 12.9. The fraction of sp³-hybridized carbons (Fsp3) is 0.667.